The third-order valence-electron chi connectivity index (χ3n) is 3.40. The molecule has 5 nitrogen and oxygen atoms in total. The fourth-order valence-corrected chi connectivity index (χ4v) is 3.84. The van der Waals surface area contributed by atoms with Crippen molar-refractivity contribution in [1.82, 2.24) is 5.32 Å². The normalized spacial score (nSPS) is 11.6. The van der Waals surface area contributed by atoms with E-state index in [0.717, 1.165) is 38.5 Å². The summed E-state index contributed by atoms with van der Waals surface area (Å²) in [6.07, 6.45) is 2.09. The Balaban J connectivity index is 2.00. The molecule has 0 amide bonds. The molecule has 0 aliphatic heterocycles. The molecule has 0 aliphatic rings. The fourth-order valence-electron chi connectivity index (χ4n) is 2.11. The second-order valence-electron chi connectivity index (χ2n) is 4.80. The van der Waals surface area contributed by atoms with E-state index in [1.165, 1.54) is 5.69 Å². The summed E-state index contributed by atoms with van der Waals surface area (Å²) in [6, 6.07) is 11.1. The Hall–Kier alpha value is -0.923. The summed E-state index contributed by atoms with van der Waals surface area (Å²) < 4.78 is 16.2. The van der Waals surface area contributed by atoms with Gasteiger partial charge in [0.1, 0.15) is 0 Å². The molecule has 0 saturated heterocycles. The van der Waals surface area contributed by atoms with Gasteiger partial charge in [-0.05, 0) is 38.1 Å². The Kier molecular flexibility index (Phi) is 9.28. The molecule has 0 fully saturated rings. The first-order valence-corrected chi connectivity index (χ1v) is 9.34. The number of hydrogen-bond acceptors (Lipinski definition) is 5. The van der Waals surface area contributed by atoms with Gasteiger partial charge in [0.2, 0.25) is 0 Å². The molecule has 21 heavy (non-hydrogen) atoms. The van der Waals surface area contributed by atoms with Crippen molar-refractivity contribution in [3.8, 4) is 0 Å². The second-order valence-corrected chi connectivity index (χ2v) is 7.89. The lowest BCUT2D eigenvalue weighted by molar-refractivity contribution is 0.123. The van der Waals surface area contributed by atoms with E-state index in [0.29, 0.717) is 0 Å². The molecule has 0 aromatic heterocycles. The van der Waals surface area contributed by atoms with Crippen LogP contribution >= 0.6 is 0 Å². The SMILES string of the molecule is CO[Si](CCCNCCCNc1ccccc1)(OC)OC. The molecule has 0 atom stereocenters. The van der Waals surface area contributed by atoms with Crippen LogP contribution in [0, 0.1) is 0 Å². The van der Waals surface area contributed by atoms with Gasteiger partial charge < -0.3 is 23.9 Å². The molecule has 0 bridgehead atoms. The lowest BCUT2D eigenvalue weighted by atomic mass is 10.3. The maximum atomic E-state index is 5.39. The van der Waals surface area contributed by atoms with E-state index in [-0.39, 0.29) is 0 Å². The summed E-state index contributed by atoms with van der Waals surface area (Å²) in [5.41, 5.74) is 1.17. The molecule has 1 rings (SSSR count). The van der Waals surface area contributed by atoms with Gasteiger partial charge in [-0.1, -0.05) is 18.2 Å². The van der Waals surface area contributed by atoms with Gasteiger partial charge in [0.25, 0.3) is 0 Å². The third kappa shape index (κ3) is 7.06. The monoisotopic (exact) mass is 312 g/mol. The minimum atomic E-state index is -2.39. The van der Waals surface area contributed by atoms with Crippen LogP contribution in [0.3, 0.4) is 0 Å². The molecule has 0 heterocycles. The maximum absolute atomic E-state index is 5.39. The molecular formula is C15H28N2O3Si. The molecule has 1 aromatic carbocycles. The molecule has 0 saturated carbocycles. The van der Waals surface area contributed by atoms with Crippen LogP contribution in [0.15, 0.2) is 30.3 Å². The molecular weight excluding hydrogens is 284 g/mol. The second kappa shape index (κ2) is 10.8. The van der Waals surface area contributed by atoms with Crippen LogP contribution in [-0.4, -0.2) is 49.8 Å². The zero-order valence-corrected chi connectivity index (χ0v) is 14.4. The van der Waals surface area contributed by atoms with Gasteiger partial charge in [-0.15, -0.1) is 0 Å². The van der Waals surface area contributed by atoms with Crippen LogP contribution in [0.25, 0.3) is 0 Å². The topological polar surface area (TPSA) is 51.8 Å². The van der Waals surface area contributed by atoms with Crippen LogP contribution in [0.2, 0.25) is 6.04 Å². The number of hydrogen-bond donors (Lipinski definition) is 2. The minimum absolute atomic E-state index is 0.839. The first-order chi connectivity index (χ1) is 10.3. The van der Waals surface area contributed by atoms with Crippen molar-refractivity contribution in [2.75, 3.05) is 46.3 Å². The maximum Gasteiger partial charge on any atom is 0.500 e. The highest BCUT2D eigenvalue weighted by molar-refractivity contribution is 6.60. The highest BCUT2D eigenvalue weighted by atomic mass is 28.4. The van der Waals surface area contributed by atoms with Crippen LogP contribution in [-0.2, 0) is 13.3 Å². The lowest BCUT2D eigenvalue weighted by Gasteiger charge is -2.24. The molecule has 0 aliphatic carbocycles. The lowest BCUT2D eigenvalue weighted by Crippen LogP contribution is -2.43. The molecule has 1 aromatic rings. The Bertz CT molecular complexity index is 353. The van der Waals surface area contributed by atoms with Crippen LogP contribution in [0.1, 0.15) is 12.8 Å². The number of benzene rings is 1. The molecule has 2 N–H and O–H groups in total. The van der Waals surface area contributed by atoms with E-state index in [1.807, 2.05) is 18.2 Å². The van der Waals surface area contributed by atoms with Gasteiger partial charge in [-0.2, -0.15) is 0 Å². The van der Waals surface area contributed by atoms with E-state index in [1.54, 1.807) is 21.3 Å². The van der Waals surface area contributed by atoms with E-state index in [2.05, 4.69) is 22.8 Å². The van der Waals surface area contributed by atoms with Crippen molar-refractivity contribution in [2.24, 2.45) is 0 Å². The predicted molar refractivity (Wildman–Crippen MR) is 88.6 cm³/mol. The smallest absolute Gasteiger partial charge is 0.385 e. The summed E-state index contributed by atoms with van der Waals surface area (Å²) in [6.45, 7) is 2.93. The van der Waals surface area contributed by atoms with Crippen molar-refractivity contribution in [2.45, 2.75) is 18.9 Å². The fraction of sp³-hybridized carbons (Fsp3) is 0.600. The summed E-state index contributed by atoms with van der Waals surface area (Å²) in [4.78, 5) is 0. The average Bonchev–Trinajstić information content (AvgIpc) is 2.55. The van der Waals surface area contributed by atoms with Gasteiger partial charge in [-0.3, -0.25) is 0 Å². The van der Waals surface area contributed by atoms with Crippen molar-refractivity contribution in [1.29, 1.82) is 0 Å². The number of nitrogens with one attached hydrogen (secondary N) is 2. The number of para-hydroxylation sites is 1. The zero-order valence-electron chi connectivity index (χ0n) is 13.4. The summed E-state index contributed by atoms with van der Waals surface area (Å²) >= 11 is 0. The van der Waals surface area contributed by atoms with Crippen molar-refractivity contribution in [3.05, 3.63) is 30.3 Å². The quantitative estimate of drug-likeness (QED) is 0.458. The minimum Gasteiger partial charge on any atom is -0.385 e. The third-order valence-corrected chi connectivity index (χ3v) is 6.23. The van der Waals surface area contributed by atoms with Gasteiger partial charge in [0.05, 0.1) is 0 Å². The zero-order chi connectivity index (χ0) is 15.4. The molecule has 0 radical (unpaired) electrons. The Labute approximate surface area is 129 Å². The standard InChI is InChI=1S/C15H28N2O3Si/c1-18-21(19-2,20-3)14-8-12-16-11-7-13-17-15-9-5-4-6-10-15/h4-6,9-10,16-17H,7-8,11-14H2,1-3H3. The number of rotatable bonds is 12. The summed E-state index contributed by atoms with van der Waals surface area (Å²) in [7, 11) is 2.57. The van der Waals surface area contributed by atoms with Crippen molar-refractivity contribution in [3.63, 3.8) is 0 Å². The van der Waals surface area contributed by atoms with Gasteiger partial charge in [0, 0.05) is 39.6 Å². The molecule has 0 unspecified atom stereocenters. The Morgan fingerprint density at radius 3 is 2.10 bits per heavy atom. The van der Waals surface area contributed by atoms with Gasteiger partial charge >= 0.3 is 8.80 Å². The molecule has 0 spiro atoms. The Morgan fingerprint density at radius 1 is 0.857 bits per heavy atom. The van der Waals surface area contributed by atoms with E-state index < -0.39 is 8.80 Å². The average molecular weight is 312 g/mol. The largest absolute Gasteiger partial charge is 0.500 e. The first-order valence-electron chi connectivity index (χ1n) is 7.41. The van der Waals surface area contributed by atoms with Crippen LogP contribution < -0.4 is 10.6 Å². The molecule has 120 valence electrons. The van der Waals surface area contributed by atoms with Crippen molar-refractivity contribution >= 4 is 14.5 Å². The number of anilines is 1. The highest BCUT2D eigenvalue weighted by Gasteiger charge is 2.36. The molecule has 6 heteroatoms. The van der Waals surface area contributed by atoms with Gasteiger partial charge in [0.15, 0.2) is 0 Å². The van der Waals surface area contributed by atoms with Crippen molar-refractivity contribution < 1.29 is 13.3 Å². The van der Waals surface area contributed by atoms with E-state index in [4.69, 9.17) is 13.3 Å². The Morgan fingerprint density at radius 2 is 1.48 bits per heavy atom. The van der Waals surface area contributed by atoms with Crippen LogP contribution in [0.4, 0.5) is 5.69 Å². The summed E-state index contributed by atoms with van der Waals surface area (Å²) in [5, 5.41) is 6.83. The van der Waals surface area contributed by atoms with E-state index in [9.17, 15) is 0 Å². The highest BCUT2D eigenvalue weighted by Crippen LogP contribution is 2.14. The first kappa shape index (κ1) is 18.1. The predicted octanol–water partition coefficient (Wildman–Crippen LogP) is 2.35. The van der Waals surface area contributed by atoms with Crippen LogP contribution in [0.5, 0.6) is 0 Å². The van der Waals surface area contributed by atoms with E-state index >= 15 is 0 Å². The summed E-state index contributed by atoms with van der Waals surface area (Å²) in [5.74, 6) is 0. The van der Waals surface area contributed by atoms with Gasteiger partial charge in [-0.25, -0.2) is 0 Å².